The van der Waals surface area contributed by atoms with Crippen molar-refractivity contribution in [3.8, 4) is 33.5 Å². The number of nitrogens with one attached hydrogen (secondary N) is 2. The molecule has 2 aromatic heterocycles. The van der Waals surface area contributed by atoms with Gasteiger partial charge in [0.1, 0.15) is 6.04 Å². The Kier molecular flexibility index (Phi) is 7.66. The molecular weight excluding hydrogens is 527 g/mol. The monoisotopic (exact) mass is 552 g/mol. The molecule has 4 aromatic rings. The van der Waals surface area contributed by atoms with Gasteiger partial charge in [-0.25, -0.2) is 4.98 Å². The third-order valence-electron chi connectivity index (χ3n) is 6.12. The summed E-state index contributed by atoms with van der Waals surface area (Å²) in [5.41, 5.74) is 2.19. The zero-order valence-corrected chi connectivity index (χ0v) is 22.3. The smallest absolute Gasteiger partial charge is 0.249 e. The number of aromatic nitrogens is 2. The van der Waals surface area contributed by atoms with E-state index in [-0.39, 0.29) is 23.4 Å². The van der Waals surface area contributed by atoms with Gasteiger partial charge in [0.25, 0.3) is 0 Å². The first kappa shape index (κ1) is 25.8. The van der Waals surface area contributed by atoms with Gasteiger partial charge in [-0.3, -0.25) is 9.59 Å². The van der Waals surface area contributed by atoms with E-state index in [0.29, 0.717) is 45.3 Å². The number of ether oxygens (including phenoxy) is 2. The Bertz CT molecular complexity index is 1460. The summed E-state index contributed by atoms with van der Waals surface area (Å²) in [6.07, 6.45) is 0.121. The minimum atomic E-state index is -0.657. The van der Waals surface area contributed by atoms with Crippen LogP contribution < -0.4 is 14.8 Å². The molecule has 2 aromatic carbocycles. The number of methoxy groups -OCH3 is 2. The number of hydrogen-bond acceptors (Lipinski definition) is 7. The molecule has 5 rings (SSSR count). The van der Waals surface area contributed by atoms with E-state index in [9.17, 15) is 14.0 Å². The van der Waals surface area contributed by atoms with Gasteiger partial charge in [0.15, 0.2) is 28.3 Å². The highest BCUT2D eigenvalue weighted by Crippen LogP contribution is 2.33. The van der Waals surface area contributed by atoms with Gasteiger partial charge < -0.3 is 24.7 Å². The van der Waals surface area contributed by atoms with Crippen LogP contribution in [0.1, 0.15) is 5.56 Å². The molecule has 0 spiro atoms. The average Bonchev–Trinajstić information content (AvgIpc) is 3.69. The van der Waals surface area contributed by atoms with Crippen LogP contribution in [-0.2, 0) is 16.0 Å². The number of thiophene rings is 1. The summed E-state index contributed by atoms with van der Waals surface area (Å²) in [6, 6.07) is 17.1. The van der Waals surface area contributed by atoms with Crippen molar-refractivity contribution >= 4 is 40.7 Å². The largest absolute Gasteiger partial charge is 0.493 e. The fraction of sp³-hybridized carbons (Fsp3) is 0.222. The molecule has 38 heavy (non-hydrogen) atoms. The molecule has 1 saturated heterocycles. The molecule has 11 heteroatoms. The Balaban J connectivity index is 1.36. The summed E-state index contributed by atoms with van der Waals surface area (Å²) < 4.78 is 24.3. The number of thioether (sulfide) groups is 1. The molecule has 0 radical (unpaired) electrons. The number of nitrogens with zero attached hydrogens (tertiary/aromatic N) is 2. The van der Waals surface area contributed by atoms with Crippen LogP contribution in [0.2, 0.25) is 0 Å². The maximum atomic E-state index is 13.7. The van der Waals surface area contributed by atoms with Crippen LogP contribution in [-0.4, -0.2) is 58.6 Å². The molecule has 1 atom stereocenters. The van der Waals surface area contributed by atoms with Gasteiger partial charge in [0.05, 0.1) is 37.1 Å². The van der Waals surface area contributed by atoms with Crippen LogP contribution >= 0.6 is 23.1 Å². The minimum absolute atomic E-state index is 0.121. The topological polar surface area (TPSA) is 96.5 Å². The lowest BCUT2D eigenvalue weighted by atomic mass is 10.1. The van der Waals surface area contributed by atoms with Crippen LogP contribution in [0, 0.1) is 5.13 Å². The van der Waals surface area contributed by atoms with Gasteiger partial charge in [-0.15, -0.1) is 23.1 Å². The summed E-state index contributed by atoms with van der Waals surface area (Å²) in [5, 5.41) is 2.59. The third kappa shape index (κ3) is 5.39. The number of aromatic amines is 1. The van der Waals surface area contributed by atoms with Crippen molar-refractivity contribution in [2.75, 3.05) is 31.2 Å². The van der Waals surface area contributed by atoms with E-state index >= 15 is 0 Å². The first-order valence-electron chi connectivity index (χ1n) is 11.8. The second kappa shape index (κ2) is 11.3. The lowest BCUT2D eigenvalue weighted by molar-refractivity contribution is -0.135. The number of imidazole rings is 1. The number of halogens is 1. The number of carbonyl (C=O) groups is 2. The number of carbonyl (C=O) groups excluding carboxylic acids is 2. The van der Waals surface area contributed by atoms with Crippen LogP contribution in [0.25, 0.3) is 22.0 Å². The summed E-state index contributed by atoms with van der Waals surface area (Å²) in [5.74, 6) is 2.29. The normalized spacial score (nSPS) is 14.9. The van der Waals surface area contributed by atoms with Gasteiger partial charge in [-0.1, -0.05) is 36.4 Å². The highest BCUT2D eigenvalue weighted by atomic mass is 32.2. The van der Waals surface area contributed by atoms with Gasteiger partial charge in [0.2, 0.25) is 11.8 Å². The zero-order chi connectivity index (χ0) is 26.6. The van der Waals surface area contributed by atoms with Gasteiger partial charge in [0, 0.05) is 11.3 Å². The number of amides is 2. The van der Waals surface area contributed by atoms with Crippen molar-refractivity contribution in [1.82, 2.24) is 14.9 Å². The van der Waals surface area contributed by atoms with Gasteiger partial charge >= 0.3 is 0 Å². The molecule has 8 nitrogen and oxygen atoms in total. The summed E-state index contributed by atoms with van der Waals surface area (Å²) in [4.78, 5) is 36.6. The van der Waals surface area contributed by atoms with Gasteiger partial charge in [-0.05, 0) is 29.8 Å². The van der Waals surface area contributed by atoms with Crippen molar-refractivity contribution in [3.63, 3.8) is 0 Å². The second-order valence-corrected chi connectivity index (χ2v) is 10.5. The van der Waals surface area contributed by atoms with Crippen molar-refractivity contribution < 1.29 is 23.5 Å². The number of rotatable bonds is 8. The van der Waals surface area contributed by atoms with Crippen LogP contribution in [0.4, 0.5) is 10.2 Å². The number of H-pyrrole nitrogens is 1. The van der Waals surface area contributed by atoms with Crippen molar-refractivity contribution in [2.24, 2.45) is 0 Å². The summed E-state index contributed by atoms with van der Waals surface area (Å²) in [6.45, 7) is 0. The minimum Gasteiger partial charge on any atom is -0.493 e. The fourth-order valence-corrected chi connectivity index (χ4v) is 6.06. The van der Waals surface area contributed by atoms with E-state index in [1.807, 2.05) is 36.4 Å². The summed E-state index contributed by atoms with van der Waals surface area (Å²) >= 11 is 2.48. The SMILES string of the molecule is COc1ccc(CC(=O)N2CSC[C@@H]2C(=O)Nc2nc(-c3ccc(F)s3)[nH]c2-c2ccccc2)cc1OC. The average molecular weight is 553 g/mol. The predicted molar refractivity (Wildman–Crippen MR) is 147 cm³/mol. The lowest BCUT2D eigenvalue weighted by Crippen LogP contribution is -2.45. The molecule has 0 aliphatic carbocycles. The quantitative estimate of drug-likeness (QED) is 0.318. The molecule has 0 unspecified atom stereocenters. The van der Waals surface area contributed by atoms with Crippen LogP contribution in [0.15, 0.2) is 60.7 Å². The lowest BCUT2D eigenvalue weighted by Gasteiger charge is -2.23. The highest BCUT2D eigenvalue weighted by Gasteiger charge is 2.35. The van der Waals surface area contributed by atoms with Crippen molar-refractivity contribution in [2.45, 2.75) is 12.5 Å². The number of hydrogen-bond donors (Lipinski definition) is 2. The molecule has 2 amide bonds. The Morgan fingerprint density at radius 2 is 1.89 bits per heavy atom. The second-order valence-electron chi connectivity index (χ2n) is 8.51. The Labute approximate surface area is 227 Å². The van der Waals surface area contributed by atoms with Gasteiger partial charge in [-0.2, -0.15) is 4.39 Å². The van der Waals surface area contributed by atoms with Crippen LogP contribution in [0.3, 0.4) is 0 Å². The first-order chi connectivity index (χ1) is 18.5. The summed E-state index contributed by atoms with van der Waals surface area (Å²) in [7, 11) is 3.09. The van der Waals surface area contributed by atoms with Crippen molar-refractivity contribution in [1.29, 1.82) is 0 Å². The molecule has 0 bridgehead atoms. The molecule has 2 N–H and O–H groups in total. The number of benzene rings is 2. The Morgan fingerprint density at radius 1 is 1.11 bits per heavy atom. The maximum Gasteiger partial charge on any atom is 0.249 e. The predicted octanol–water partition coefficient (Wildman–Crippen LogP) is 5.04. The van der Waals surface area contributed by atoms with E-state index in [2.05, 4.69) is 15.3 Å². The maximum absolute atomic E-state index is 13.7. The van der Waals surface area contributed by atoms with Crippen LogP contribution in [0.5, 0.6) is 11.5 Å². The molecule has 3 heterocycles. The van der Waals surface area contributed by atoms with E-state index < -0.39 is 6.04 Å². The molecule has 196 valence electrons. The highest BCUT2D eigenvalue weighted by molar-refractivity contribution is 7.99. The standard InChI is InChI=1S/C27H25FN4O4S2/c1-35-19-9-8-16(12-20(19)36-2)13-23(33)32-15-37-14-18(32)27(34)31-26-24(17-6-4-3-5-7-17)29-25(30-26)21-10-11-22(28)38-21/h3-12,18H,13-15H2,1-2H3,(H,29,30)(H,31,34)/t18-/m1/s1. The van der Waals surface area contributed by atoms with E-state index in [1.54, 1.807) is 37.3 Å². The van der Waals surface area contributed by atoms with E-state index in [0.717, 1.165) is 22.5 Å². The first-order valence-corrected chi connectivity index (χ1v) is 13.7. The third-order valence-corrected chi connectivity index (χ3v) is 8.02. The van der Waals surface area contributed by atoms with E-state index in [1.165, 1.54) is 17.8 Å². The zero-order valence-electron chi connectivity index (χ0n) is 20.7. The molecule has 1 fully saturated rings. The molecule has 0 saturated carbocycles. The molecule has 1 aliphatic heterocycles. The Morgan fingerprint density at radius 3 is 2.61 bits per heavy atom. The molecular formula is C27H25FN4O4S2. The fourth-order valence-electron chi connectivity index (χ4n) is 4.21. The van der Waals surface area contributed by atoms with E-state index in [4.69, 9.17) is 9.47 Å². The van der Waals surface area contributed by atoms with Crippen molar-refractivity contribution in [3.05, 3.63) is 71.4 Å². The number of anilines is 1. The Hall–Kier alpha value is -3.83. The molecule has 1 aliphatic rings.